The van der Waals surface area contributed by atoms with Gasteiger partial charge in [-0.2, -0.15) is 0 Å². The number of benzene rings is 8. The molecule has 0 saturated heterocycles. The number of nitrogens with zero attached hydrogens (tertiary/aromatic N) is 5. The molecule has 0 spiro atoms. The van der Waals surface area contributed by atoms with Crippen LogP contribution in [0.4, 0.5) is 0 Å². The van der Waals surface area contributed by atoms with E-state index in [1.54, 1.807) is 0 Å². The normalized spacial score (nSPS) is 11.9. The van der Waals surface area contributed by atoms with Crippen molar-refractivity contribution in [3.05, 3.63) is 188 Å². The van der Waals surface area contributed by atoms with Crippen LogP contribution in [-0.2, 0) is 0 Å². The number of thiophene rings is 1. The average molecular weight is 734 g/mol. The molecule has 0 unspecified atom stereocenters. The first-order chi connectivity index (χ1) is 27.8. The second-order valence-electron chi connectivity index (χ2n) is 14.3. The molecule has 12 rings (SSSR count). The van der Waals surface area contributed by atoms with E-state index in [4.69, 9.17) is 10.3 Å². The fourth-order valence-corrected chi connectivity index (χ4v) is 10.1. The van der Waals surface area contributed by atoms with Crippen molar-refractivity contribution >= 4 is 75.1 Å². The van der Waals surface area contributed by atoms with E-state index in [2.05, 4.69) is 185 Å². The van der Waals surface area contributed by atoms with Crippen molar-refractivity contribution in [3.8, 4) is 39.6 Å². The Morgan fingerprint density at radius 2 is 1.05 bits per heavy atom. The summed E-state index contributed by atoms with van der Waals surface area (Å²) >= 11 is 1.89. The number of hydrogen-bond acceptors (Lipinski definition) is 3. The van der Waals surface area contributed by atoms with Crippen LogP contribution in [0.25, 0.3) is 103 Å². The first kappa shape index (κ1) is 31.1. The van der Waals surface area contributed by atoms with Crippen molar-refractivity contribution in [2.45, 2.75) is 0 Å². The van der Waals surface area contributed by atoms with E-state index in [-0.39, 0.29) is 0 Å². The zero-order valence-corrected chi connectivity index (χ0v) is 30.9. The third kappa shape index (κ3) is 4.48. The molecule has 4 heterocycles. The fourth-order valence-electron chi connectivity index (χ4n) is 8.82. The Morgan fingerprint density at radius 1 is 0.429 bits per heavy atom. The van der Waals surface area contributed by atoms with Crippen molar-refractivity contribution < 1.29 is 0 Å². The monoisotopic (exact) mass is 733 g/mol. The lowest BCUT2D eigenvalue weighted by Crippen LogP contribution is -2.04. The first-order valence-corrected chi connectivity index (χ1v) is 19.7. The second kappa shape index (κ2) is 12.1. The lowest BCUT2D eigenvalue weighted by atomic mass is 10.0. The molecule has 0 radical (unpaired) electrons. The molecule has 0 N–H and O–H groups in total. The molecule has 0 amide bonds. The fraction of sp³-hybridized carbons (Fsp3) is 0. The smallest absolute Gasteiger partial charge is 0.121 e. The molecule has 4 aromatic heterocycles. The van der Waals surface area contributed by atoms with Crippen molar-refractivity contribution in [2.24, 2.45) is 0 Å². The first-order valence-electron chi connectivity index (χ1n) is 18.9. The molecule has 0 aliphatic rings. The van der Waals surface area contributed by atoms with Gasteiger partial charge in [0, 0.05) is 64.2 Å². The molecule has 0 fully saturated rings. The largest absolute Gasteiger partial charge is 0.309 e. The third-order valence-corrected chi connectivity index (χ3v) is 12.4. The molecule has 0 atom stereocenters. The van der Waals surface area contributed by atoms with Crippen molar-refractivity contribution in [1.82, 2.24) is 24.1 Å². The summed E-state index contributed by atoms with van der Waals surface area (Å²) in [5.41, 5.74) is 11.6. The van der Waals surface area contributed by atoms with Crippen LogP contribution in [0, 0.1) is 0 Å². The average Bonchev–Trinajstić information content (AvgIpc) is 4.04. The molecule has 0 saturated carbocycles. The highest BCUT2D eigenvalue weighted by Gasteiger charge is 2.23. The van der Waals surface area contributed by atoms with Crippen LogP contribution in [0.5, 0.6) is 0 Å². The summed E-state index contributed by atoms with van der Waals surface area (Å²) in [7, 11) is 0. The van der Waals surface area contributed by atoms with Crippen LogP contribution in [0.1, 0.15) is 0 Å². The Kier molecular flexibility index (Phi) is 6.73. The predicted octanol–water partition coefficient (Wildman–Crippen LogP) is 13.2. The van der Waals surface area contributed by atoms with Gasteiger partial charge in [-0.1, -0.05) is 145 Å². The Balaban J connectivity index is 1.13. The van der Waals surface area contributed by atoms with E-state index in [0.29, 0.717) is 0 Å². The van der Waals surface area contributed by atoms with Crippen molar-refractivity contribution in [3.63, 3.8) is 0 Å². The van der Waals surface area contributed by atoms with Gasteiger partial charge in [-0.3, -0.25) is 0 Å². The van der Waals surface area contributed by atoms with Gasteiger partial charge in [-0.25, -0.2) is 4.68 Å². The Morgan fingerprint density at radius 3 is 1.86 bits per heavy atom. The minimum absolute atomic E-state index is 0.845. The quantitative estimate of drug-likeness (QED) is 0.177. The van der Waals surface area contributed by atoms with E-state index in [0.717, 1.165) is 56.0 Å². The van der Waals surface area contributed by atoms with Gasteiger partial charge in [0.1, 0.15) is 11.4 Å². The van der Waals surface area contributed by atoms with Gasteiger partial charge in [0.15, 0.2) is 0 Å². The third-order valence-electron chi connectivity index (χ3n) is 11.2. The zero-order valence-electron chi connectivity index (χ0n) is 30.0. The standard InChI is InChI=1S/C50H31N5S/c1-3-15-32(16-4-1)47-48(33-17-5-2-6-18-33)55(52-51-47)44-27-14-24-38-36-21-7-10-25-41(36)54(49(38)44)35-20-13-19-34(31-35)53-42-26-11-8-23-40(42)46-43(53)30-29-39-37-22-9-12-28-45(37)56-50(39)46/h1-31H. The van der Waals surface area contributed by atoms with E-state index >= 15 is 0 Å². The molecule has 56 heavy (non-hydrogen) atoms. The van der Waals surface area contributed by atoms with E-state index < -0.39 is 0 Å². The molecule has 8 aromatic carbocycles. The van der Waals surface area contributed by atoms with Crippen LogP contribution < -0.4 is 0 Å². The van der Waals surface area contributed by atoms with Crippen molar-refractivity contribution in [2.75, 3.05) is 0 Å². The summed E-state index contributed by atoms with van der Waals surface area (Å²) < 4.78 is 9.51. The summed E-state index contributed by atoms with van der Waals surface area (Å²) in [5.74, 6) is 0. The van der Waals surface area contributed by atoms with Gasteiger partial charge in [-0.15, -0.1) is 16.4 Å². The van der Waals surface area contributed by atoms with E-state index in [1.807, 2.05) is 28.2 Å². The molecular weight excluding hydrogens is 703 g/mol. The van der Waals surface area contributed by atoms with Gasteiger partial charge in [-0.05, 0) is 48.5 Å². The number of aromatic nitrogens is 5. The van der Waals surface area contributed by atoms with Gasteiger partial charge >= 0.3 is 0 Å². The van der Waals surface area contributed by atoms with E-state index in [1.165, 1.54) is 47.4 Å². The number of rotatable bonds is 5. The van der Waals surface area contributed by atoms with Crippen LogP contribution >= 0.6 is 11.3 Å². The summed E-state index contributed by atoms with van der Waals surface area (Å²) in [6.45, 7) is 0. The lowest BCUT2D eigenvalue weighted by Gasteiger charge is -2.15. The van der Waals surface area contributed by atoms with Crippen LogP contribution in [-0.4, -0.2) is 24.1 Å². The molecule has 0 aliphatic carbocycles. The number of para-hydroxylation sites is 3. The molecule has 0 bridgehead atoms. The van der Waals surface area contributed by atoms with Crippen LogP contribution in [0.2, 0.25) is 0 Å². The predicted molar refractivity (Wildman–Crippen MR) is 234 cm³/mol. The van der Waals surface area contributed by atoms with Gasteiger partial charge in [0.25, 0.3) is 0 Å². The number of fused-ring (bicyclic) bond motifs is 10. The highest BCUT2D eigenvalue weighted by molar-refractivity contribution is 7.26. The van der Waals surface area contributed by atoms with E-state index in [9.17, 15) is 0 Å². The molecule has 6 heteroatoms. The molecule has 5 nitrogen and oxygen atoms in total. The second-order valence-corrected chi connectivity index (χ2v) is 15.3. The SMILES string of the molecule is c1ccc(-c2nnn(-c3cccc4c5ccccc5n(-c5cccc(-n6c7ccccc7c7c8sc9ccccc9c8ccc76)c5)c34)c2-c2ccccc2)cc1. The Bertz CT molecular complexity index is 3480. The topological polar surface area (TPSA) is 40.6 Å². The van der Waals surface area contributed by atoms with Crippen LogP contribution in [0.15, 0.2) is 188 Å². The molecule has 12 aromatic rings. The molecule has 0 aliphatic heterocycles. The minimum Gasteiger partial charge on any atom is -0.309 e. The maximum Gasteiger partial charge on any atom is 0.121 e. The summed E-state index contributed by atoms with van der Waals surface area (Å²) in [5, 5.41) is 17.3. The summed E-state index contributed by atoms with van der Waals surface area (Å²) in [6.07, 6.45) is 0. The summed E-state index contributed by atoms with van der Waals surface area (Å²) in [4.78, 5) is 0. The number of hydrogen-bond donors (Lipinski definition) is 0. The summed E-state index contributed by atoms with van der Waals surface area (Å²) in [6, 6.07) is 67.2. The highest BCUT2D eigenvalue weighted by atomic mass is 32.1. The van der Waals surface area contributed by atoms with Crippen LogP contribution in [0.3, 0.4) is 0 Å². The molecule has 262 valence electrons. The van der Waals surface area contributed by atoms with Gasteiger partial charge in [0.05, 0.1) is 27.8 Å². The highest BCUT2D eigenvalue weighted by Crippen LogP contribution is 2.44. The zero-order chi connectivity index (χ0) is 36.7. The van der Waals surface area contributed by atoms with Gasteiger partial charge < -0.3 is 9.13 Å². The lowest BCUT2D eigenvalue weighted by molar-refractivity contribution is 0.810. The van der Waals surface area contributed by atoms with Gasteiger partial charge in [0.2, 0.25) is 0 Å². The Hall–Kier alpha value is -7.28. The van der Waals surface area contributed by atoms with Crippen molar-refractivity contribution in [1.29, 1.82) is 0 Å². The maximum atomic E-state index is 4.91. The maximum absolute atomic E-state index is 4.91. The minimum atomic E-state index is 0.845. The Labute approximate surface area is 325 Å². The molecular formula is C50H31N5S.